The van der Waals surface area contributed by atoms with Gasteiger partial charge in [-0.05, 0) is 31.2 Å². The fourth-order valence-corrected chi connectivity index (χ4v) is 3.84. The van der Waals surface area contributed by atoms with Crippen LogP contribution in [0.15, 0.2) is 71.1 Å². The van der Waals surface area contributed by atoms with Crippen LogP contribution in [0, 0.1) is 6.92 Å². The van der Waals surface area contributed by atoms with Crippen molar-refractivity contribution in [3.8, 4) is 11.4 Å². The monoisotopic (exact) mass is 430 g/mol. The Bertz CT molecular complexity index is 1390. The van der Waals surface area contributed by atoms with Crippen molar-refractivity contribution in [2.24, 2.45) is 0 Å². The SMILES string of the molecule is Cc1ccc(OCc2nc(Cn3cnc4c(nnn4-c4ccccc4)c3=O)cs2)cc1. The van der Waals surface area contributed by atoms with Gasteiger partial charge in [-0.25, -0.2) is 9.97 Å². The molecule has 0 unspecified atom stereocenters. The molecule has 0 amide bonds. The molecule has 3 heterocycles. The van der Waals surface area contributed by atoms with Gasteiger partial charge in [0, 0.05) is 5.38 Å². The molecule has 0 aliphatic rings. The van der Waals surface area contributed by atoms with E-state index in [9.17, 15) is 4.79 Å². The first-order valence-electron chi connectivity index (χ1n) is 9.66. The minimum Gasteiger partial charge on any atom is -0.486 e. The average Bonchev–Trinajstić information content (AvgIpc) is 3.43. The normalized spacial score (nSPS) is 11.1. The van der Waals surface area contributed by atoms with Crippen molar-refractivity contribution in [1.82, 2.24) is 29.5 Å². The predicted molar refractivity (Wildman–Crippen MR) is 118 cm³/mol. The van der Waals surface area contributed by atoms with Crippen LogP contribution in [0.25, 0.3) is 16.9 Å². The fourth-order valence-electron chi connectivity index (χ4n) is 3.14. The first kappa shape index (κ1) is 19.1. The lowest BCUT2D eigenvalue weighted by Gasteiger charge is -2.04. The van der Waals surface area contributed by atoms with E-state index in [-0.39, 0.29) is 11.1 Å². The van der Waals surface area contributed by atoms with Gasteiger partial charge in [-0.3, -0.25) is 9.36 Å². The summed E-state index contributed by atoms with van der Waals surface area (Å²) in [6.45, 7) is 2.72. The molecule has 9 heteroatoms. The zero-order valence-corrected chi connectivity index (χ0v) is 17.5. The van der Waals surface area contributed by atoms with Crippen molar-refractivity contribution < 1.29 is 4.74 Å². The number of thiazole rings is 1. The molecule has 0 fully saturated rings. The summed E-state index contributed by atoms with van der Waals surface area (Å²) in [5, 5.41) is 10.9. The van der Waals surface area contributed by atoms with Crippen LogP contribution in [-0.2, 0) is 13.2 Å². The van der Waals surface area contributed by atoms with E-state index < -0.39 is 0 Å². The minimum absolute atomic E-state index is 0.226. The number of hydrogen-bond donors (Lipinski definition) is 0. The van der Waals surface area contributed by atoms with Gasteiger partial charge in [0.2, 0.25) is 0 Å². The van der Waals surface area contributed by atoms with Crippen molar-refractivity contribution in [3.63, 3.8) is 0 Å². The topological polar surface area (TPSA) is 87.7 Å². The van der Waals surface area contributed by atoms with E-state index in [4.69, 9.17) is 4.74 Å². The third-order valence-electron chi connectivity index (χ3n) is 4.75. The smallest absolute Gasteiger partial charge is 0.283 e. The van der Waals surface area contributed by atoms with Crippen LogP contribution in [0.3, 0.4) is 0 Å². The molecule has 2 aromatic carbocycles. The predicted octanol–water partition coefficient (Wildman–Crippen LogP) is 3.37. The quantitative estimate of drug-likeness (QED) is 0.410. The number of aromatic nitrogens is 6. The number of fused-ring (bicyclic) bond motifs is 1. The van der Waals surface area contributed by atoms with E-state index in [1.54, 1.807) is 4.68 Å². The Morgan fingerprint density at radius 1 is 1.06 bits per heavy atom. The first-order valence-corrected chi connectivity index (χ1v) is 10.5. The molecule has 0 aliphatic heterocycles. The van der Waals surface area contributed by atoms with Gasteiger partial charge in [0.05, 0.1) is 17.9 Å². The van der Waals surface area contributed by atoms with Crippen LogP contribution in [0.2, 0.25) is 0 Å². The lowest BCUT2D eigenvalue weighted by atomic mass is 10.2. The molecule has 31 heavy (non-hydrogen) atoms. The summed E-state index contributed by atoms with van der Waals surface area (Å²) in [4.78, 5) is 21.9. The van der Waals surface area contributed by atoms with Gasteiger partial charge in [0.25, 0.3) is 5.56 Å². The highest BCUT2D eigenvalue weighted by Gasteiger charge is 2.14. The Labute approximate surface area is 181 Å². The second-order valence-electron chi connectivity index (χ2n) is 7.02. The first-order chi connectivity index (χ1) is 15.2. The standard InChI is InChI=1S/C22H18N6O2S/c1-15-7-9-18(10-8-15)30-12-19-24-16(13-31-19)11-27-14-23-21-20(22(27)29)25-26-28(21)17-5-3-2-4-6-17/h2-10,13-14H,11-12H2,1H3. The van der Waals surface area contributed by atoms with Crippen LogP contribution < -0.4 is 10.3 Å². The number of hydrogen-bond acceptors (Lipinski definition) is 7. The number of aryl methyl sites for hydroxylation is 1. The van der Waals surface area contributed by atoms with Gasteiger partial charge in [0.1, 0.15) is 23.7 Å². The van der Waals surface area contributed by atoms with Crippen molar-refractivity contribution >= 4 is 22.5 Å². The van der Waals surface area contributed by atoms with Gasteiger partial charge in [-0.2, -0.15) is 4.68 Å². The van der Waals surface area contributed by atoms with Crippen molar-refractivity contribution in [2.45, 2.75) is 20.1 Å². The van der Waals surface area contributed by atoms with Crippen LogP contribution in [-0.4, -0.2) is 29.5 Å². The second-order valence-corrected chi connectivity index (χ2v) is 7.96. The number of benzene rings is 2. The Morgan fingerprint density at radius 3 is 2.68 bits per heavy atom. The minimum atomic E-state index is -0.252. The van der Waals surface area contributed by atoms with Crippen molar-refractivity contribution in [2.75, 3.05) is 0 Å². The van der Waals surface area contributed by atoms with E-state index in [1.165, 1.54) is 27.8 Å². The van der Waals surface area contributed by atoms with E-state index in [2.05, 4.69) is 20.3 Å². The molecule has 0 aliphatic carbocycles. The second kappa shape index (κ2) is 8.11. The Morgan fingerprint density at radius 2 is 1.87 bits per heavy atom. The fraction of sp³-hybridized carbons (Fsp3) is 0.136. The highest BCUT2D eigenvalue weighted by Crippen LogP contribution is 2.17. The molecule has 0 N–H and O–H groups in total. The Kier molecular flexibility index (Phi) is 5.01. The number of nitrogens with zero attached hydrogens (tertiary/aromatic N) is 6. The van der Waals surface area contributed by atoms with Gasteiger partial charge in [0.15, 0.2) is 11.2 Å². The van der Waals surface area contributed by atoms with Gasteiger partial charge in [-0.15, -0.1) is 16.4 Å². The zero-order chi connectivity index (χ0) is 21.2. The lowest BCUT2D eigenvalue weighted by molar-refractivity contribution is 0.305. The lowest BCUT2D eigenvalue weighted by Crippen LogP contribution is -2.21. The number of rotatable bonds is 6. The summed E-state index contributed by atoms with van der Waals surface area (Å²) in [7, 11) is 0. The maximum absolute atomic E-state index is 12.9. The molecular weight excluding hydrogens is 412 g/mol. The summed E-state index contributed by atoms with van der Waals surface area (Å²) < 4.78 is 8.83. The molecule has 5 rings (SSSR count). The van der Waals surface area contributed by atoms with E-state index in [1.807, 2.05) is 66.9 Å². The highest BCUT2D eigenvalue weighted by atomic mass is 32.1. The maximum atomic E-state index is 12.9. The van der Waals surface area contributed by atoms with Crippen molar-refractivity contribution in [1.29, 1.82) is 0 Å². The summed E-state index contributed by atoms with van der Waals surface area (Å²) in [6.07, 6.45) is 1.51. The molecule has 5 aromatic rings. The van der Waals surface area contributed by atoms with E-state index >= 15 is 0 Å². The summed E-state index contributed by atoms with van der Waals surface area (Å²) >= 11 is 1.50. The van der Waals surface area contributed by atoms with Gasteiger partial charge < -0.3 is 4.74 Å². The largest absolute Gasteiger partial charge is 0.486 e. The third kappa shape index (κ3) is 3.95. The Hall–Kier alpha value is -3.85. The molecule has 0 spiro atoms. The average molecular weight is 430 g/mol. The summed E-state index contributed by atoms with van der Waals surface area (Å²) in [5.41, 5.74) is 3.15. The Balaban J connectivity index is 1.33. The van der Waals surface area contributed by atoms with E-state index in [0.29, 0.717) is 18.8 Å². The molecule has 0 saturated heterocycles. The van der Waals surface area contributed by atoms with Crippen LogP contribution in [0.5, 0.6) is 5.75 Å². The van der Waals surface area contributed by atoms with Crippen LogP contribution in [0.4, 0.5) is 0 Å². The molecule has 154 valence electrons. The summed E-state index contributed by atoms with van der Waals surface area (Å²) in [5.74, 6) is 0.801. The van der Waals surface area contributed by atoms with E-state index in [0.717, 1.165) is 22.1 Å². The molecule has 0 bridgehead atoms. The third-order valence-corrected chi connectivity index (χ3v) is 5.62. The molecule has 0 saturated carbocycles. The number of ether oxygens (including phenoxy) is 1. The van der Waals surface area contributed by atoms with Crippen LogP contribution in [0.1, 0.15) is 16.3 Å². The zero-order valence-electron chi connectivity index (χ0n) is 16.7. The molecule has 0 atom stereocenters. The number of para-hydroxylation sites is 1. The molecular formula is C22H18N6O2S. The highest BCUT2D eigenvalue weighted by molar-refractivity contribution is 7.09. The molecule has 0 radical (unpaired) electrons. The maximum Gasteiger partial charge on any atom is 0.283 e. The molecule has 3 aromatic heterocycles. The van der Waals surface area contributed by atoms with Crippen molar-refractivity contribution in [3.05, 3.63) is 92.9 Å². The summed E-state index contributed by atoms with van der Waals surface area (Å²) in [6, 6.07) is 17.4. The van der Waals surface area contributed by atoms with Crippen LogP contribution >= 0.6 is 11.3 Å². The van der Waals surface area contributed by atoms with Gasteiger partial charge >= 0.3 is 0 Å². The molecule has 8 nitrogen and oxygen atoms in total. The van der Waals surface area contributed by atoms with Gasteiger partial charge in [-0.1, -0.05) is 41.1 Å².